The Labute approximate surface area is 95.1 Å². The molecule has 0 atom stereocenters. The van der Waals surface area contributed by atoms with Crippen molar-refractivity contribution in [1.29, 1.82) is 0 Å². The fourth-order valence-corrected chi connectivity index (χ4v) is 0.204. The van der Waals surface area contributed by atoms with Gasteiger partial charge in [0.15, 0.2) is 0 Å². The number of hydrogen-bond acceptors (Lipinski definition) is 3. The van der Waals surface area contributed by atoms with Crippen molar-refractivity contribution in [3.05, 3.63) is 25.3 Å². The van der Waals surface area contributed by atoms with Crippen molar-refractivity contribution in [3.8, 4) is 0 Å². The Kier molecular flexibility index (Phi) is 80.3. The van der Waals surface area contributed by atoms with Crippen LogP contribution in [0.3, 0.4) is 0 Å². The fourth-order valence-electron chi connectivity index (χ4n) is 0.204. The number of allylic oxidation sites excluding steroid dienone is 2. The van der Waals surface area contributed by atoms with E-state index in [-0.39, 0.29) is 13.2 Å². The average molecular weight is 220 g/mol. The molecule has 3 heteroatoms. The second-order valence-electron chi connectivity index (χ2n) is 2.26. The molecule has 15 heavy (non-hydrogen) atoms. The van der Waals surface area contributed by atoms with Gasteiger partial charge < -0.3 is 14.9 Å². The summed E-state index contributed by atoms with van der Waals surface area (Å²) in [4.78, 5) is 0. The van der Waals surface area contributed by atoms with Crippen molar-refractivity contribution >= 4 is 0 Å². The summed E-state index contributed by atoms with van der Waals surface area (Å²) in [7, 11) is 1.71. The van der Waals surface area contributed by atoms with Gasteiger partial charge in [0.1, 0.15) is 0 Å². The Balaban J connectivity index is -0.0000000553. The van der Waals surface area contributed by atoms with E-state index in [1.807, 2.05) is 13.8 Å². The van der Waals surface area contributed by atoms with E-state index in [1.54, 1.807) is 19.3 Å². The van der Waals surface area contributed by atoms with Gasteiger partial charge in [-0.3, -0.25) is 0 Å². The van der Waals surface area contributed by atoms with Crippen molar-refractivity contribution in [3.63, 3.8) is 0 Å². The van der Waals surface area contributed by atoms with Crippen LogP contribution >= 0.6 is 0 Å². The molecule has 0 saturated heterocycles. The molecule has 0 aliphatic rings. The highest BCUT2D eigenvalue weighted by molar-refractivity contribution is 4.51. The van der Waals surface area contributed by atoms with E-state index >= 15 is 0 Å². The zero-order valence-corrected chi connectivity index (χ0v) is 10.7. The third kappa shape index (κ3) is 310. The molecular weight excluding hydrogens is 192 g/mol. The number of methoxy groups -OCH3 is 1. The molecule has 0 fully saturated rings. The van der Waals surface area contributed by atoms with E-state index in [1.165, 1.54) is 0 Å². The van der Waals surface area contributed by atoms with Crippen LogP contribution in [0.15, 0.2) is 25.3 Å². The zero-order valence-electron chi connectivity index (χ0n) is 10.7. The maximum absolute atomic E-state index is 7.62. The molecule has 2 N–H and O–H groups in total. The molecule has 0 amide bonds. The predicted octanol–water partition coefficient (Wildman–Crippen LogP) is 2.40. The van der Waals surface area contributed by atoms with Crippen molar-refractivity contribution in [1.82, 2.24) is 0 Å². The summed E-state index contributed by atoms with van der Waals surface area (Å²) in [6.07, 6.45) is 4.62. The maximum Gasteiger partial charge on any atom is 0.0662 e. The molecular formula is C12H28O3. The highest BCUT2D eigenvalue weighted by Gasteiger charge is 1.66. The first-order chi connectivity index (χ1) is 7.16. The molecule has 0 saturated carbocycles. The molecule has 0 aromatic rings. The van der Waals surface area contributed by atoms with Crippen LogP contribution in [-0.2, 0) is 4.74 Å². The minimum Gasteiger partial charge on any atom is -0.394 e. The fraction of sp³-hybridized carbons (Fsp3) is 0.667. The van der Waals surface area contributed by atoms with Gasteiger partial charge in [0.25, 0.3) is 0 Å². The molecule has 0 aromatic heterocycles. The van der Waals surface area contributed by atoms with Gasteiger partial charge >= 0.3 is 0 Å². The molecule has 0 unspecified atom stereocenters. The second-order valence-corrected chi connectivity index (χ2v) is 2.26. The summed E-state index contributed by atoms with van der Waals surface area (Å²) >= 11 is 0. The summed E-state index contributed by atoms with van der Waals surface area (Å²) < 4.78 is 4.69. The van der Waals surface area contributed by atoms with E-state index in [0.29, 0.717) is 0 Å². The lowest BCUT2D eigenvalue weighted by Gasteiger charge is -1.84. The number of hydrogen-bond donors (Lipinski definition) is 2. The lowest BCUT2D eigenvalue weighted by Crippen LogP contribution is -1.85. The van der Waals surface area contributed by atoms with E-state index in [2.05, 4.69) is 20.1 Å². The Hall–Kier alpha value is -0.640. The first kappa shape index (κ1) is 23.9. The van der Waals surface area contributed by atoms with Crippen LogP contribution in [0.5, 0.6) is 0 Å². The monoisotopic (exact) mass is 220 g/mol. The van der Waals surface area contributed by atoms with Crippen molar-refractivity contribution in [2.75, 3.05) is 26.9 Å². The van der Waals surface area contributed by atoms with E-state index < -0.39 is 0 Å². The quantitative estimate of drug-likeness (QED) is 0.718. The summed E-state index contributed by atoms with van der Waals surface area (Å²) in [6, 6.07) is 0. The molecule has 0 rings (SSSR count). The van der Waals surface area contributed by atoms with Gasteiger partial charge in [-0.2, -0.15) is 0 Å². The minimum atomic E-state index is -0.125. The van der Waals surface area contributed by atoms with Crippen LogP contribution in [0.2, 0.25) is 0 Å². The van der Waals surface area contributed by atoms with Crippen LogP contribution in [0.1, 0.15) is 27.2 Å². The number of rotatable bonds is 3. The maximum atomic E-state index is 7.62. The molecule has 0 bridgehead atoms. The Morgan fingerprint density at radius 3 is 1.33 bits per heavy atom. The van der Waals surface area contributed by atoms with Gasteiger partial charge in [-0.25, -0.2) is 0 Å². The van der Waals surface area contributed by atoms with E-state index in [9.17, 15) is 0 Å². The minimum absolute atomic E-state index is 0.125. The Morgan fingerprint density at radius 2 is 1.33 bits per heavy atom. The van der Waals surface area contributed by atoms with Crippen LogP contribution in [0.4, 0.5) is 0 Å². The Bertz CT molecular complexity index is 72.9. The number of ether oxygens (including phenoxy) is 1. The molecule has 3 nitrogen and oxygen atoms in total. The SMILES string of the molecule is C=CC.C=CC.CCCOC.OCCO. The standard InChI is InChI=1S/C4H10O.2C3H6.C2H6O2/c1-3-4-5-2;2*1-3-2;3-1-2-4/h3-4H2,1-2H3;2*3H,1H2,2H3;3-4H,1-2H2. The number of aliphatic hydroxyl groups excluding tert-OH is 2. The highest BCUT2D eigenvalue weighted by Crippen LogP contribution is 1.70. The first-order valence-electron chi connectivity index (χ1n) is 5.01. The summed E-state index contributed by atoms with van der Waals surface area (Å²) in [5.74, 6) is 0. The first-order valence-corrected chi connectivity index (χ1v) is 5.01. The Morgan fingerprint density at radius 1 is 1.07 bits per heavy atom. The van der Waals surface area contributed by atoms with Crippen molar-refractivity contribution < 1.29 is 14.9 Å². The molecule has 0 aliphatic carbocycles. The predicted molar refractivity (Wildman–Crippen MR) is 68.1 cm³/mol. The van der Waals surface area contributed by atoms with Crippen LogP contribution in [-0.4, -0.2) is 37.1 Å². The topological polar surface area (TPSA) is 49.7 Å². The van der Waals surface area contributed by atoms with Gasteiger partial charge in [0, 0.05) is 13.7 Å². The van der Waals surface area contributed by atoms with Gasteiger partial charge in [-0.1, -0.05) is 19.1 Å². The van der Waals surface area contributed by atoms with Crippen molar-refractivity contribution in [2.45, 2.75) is 27.2 Å². The second kappa shape index (κ2) is 50.5. The smallest absolute Gasteiger partial charge is 0.0662 e. The summed E-state index contributed by atoms with van der Waals surface area (Å²) in [5, 5.41) is 15.2. The third-order valence-electron chi connectivity index (χ3n) is 0.508. The lowest BCUT2D eigenvalue weighted by molar-refractivity contribution is 0.186. The summed E-state index contributed by atoms with van der Waals surface area (Å²) in [6.45, 7) is 13.2. The largest absolute Gasteiger partial charge is 0.394 e. The van der Waals surface area contributed by atoms with E-state index in [0.717, 1.165) is 13.0 Å². The normalized spacial score (nSPS) is 6.53. The summed E-state index contributed by atoms with van der Waals surface area (Å²) in [5.41, 5.74) is 0. The third-order valence-corrected chi connectivity index (χ3v) is 0.508. The molecule has 0 aromatic carbocycles. The van der Waals surface area contributed by atoms with Gasteiger partial charge in [0.2, 0.25) is 0 Å². The van der Waals surface area contributed by atoms with Gasteiger partial charge in [0.05, 0.1) is 13.2 Å². The number of aliphatic hydroxyl groups is 2. The lowest BCUT2D eigenvalue weighted by atomic mass is 10.5. The highest BCUT2D eigenvalue weighted by atomic mass is 16.5. The molecule has 94 valence electrons. The van der Waals surface area contributed by atoms with Crippen LogP contribution < -0.4 is 0 Å². The van der Waals surface area contributed by atoms with Crippen LogP contribution in [0.25, 0.3) is 0 Å². The van der Waals surface area contributed by atoms with Crippen LogP contribution in [0, 0.1) is 0 Å². The zero-order chi connectivity index (χ0) is 12.9. The van der Waals surface area contributed by atoms with Gasteiger partial charge in [-0.15, -0.1) is 13.2 Å². The van der Waals surface area contributed by atoms with Crippen molar-refractivity contribution in [2.24, 2.45) is 0 Å². The molecule has 0 aliphatic heterocycles. The van der Waals surface area contributed by atoms with E-state index in [4.69, 9.17) is 14.9 Å². The average Bonchev–Trinajstić information content (AvgIpc) is 2.22. The van der Waals surface area contributed by atoms with Gasteiger partial charge in [-0.05, 0) is 20.3 Å². The molecule has 0 heterocycles. The molecule has 0 radical (unpaired) electrons. The molecule has 0 spiro atoms.